The van der Waals surface area contributed by atoms with E-state index in [1.165, 1.54) is 23.5 Å². The van der Waals surface area contributed by atoms with Crippen molar-refractivity contribution >= 4 is 11.3 Å². The van der Waals surface area contributed by atoms with Gasteiger partial charge >= 0.3 is 12.5 Å². The van der Waals surface area contributed by atoms with Gasteiger partial charge in [-0.1, -0.05) is 19.1 Å². The van der Waals surface area contributed by atoms with E-state index in [4.69, 9.17) is 0 Å². The normalized spacial score (nSPS) is 12.1. The Morgan fingerprint density at radius 2 is 1.34 bits per heavy atom. The lowest BCUT2D eigenvalue weighted by molar-refractivity contribution is -0.275. The largest absolute Gasteiger partial charge is 0.573 e. The molecule has 0 aliphatic carbocycles. The molecule has 0 unspecified atom stereocenters. The van der Waals surface area contributed by atoms with Crippen molar-refractivity contribution in [2.75, 3.05) is 0 Å². The van der Waals surface area contributed by atoms with Gasteiger partial charge in [-0.3, -0.25) is 0 Å². The molecule has 3 aromatic carbocycles. The quantitative estimate of drug-likeness (QED) is 0.209. The maximum absolute atomic E-state index is 14.8. The molecule has 200 valence electrons. The zero-order chi connectivity index (χ0) is 27.8. The van der Waals surface area contributed by atoms with Gasteiger partial charge in [-0.2, -0.15) is 8.78 Å². The van der Waals surface area contributed by atoms with Crippen LogP contribution in [0, 0.1) is 23.3 Å². The van der Waals surface area contributed by atoms with Gasteiger partial charge in [-0.25, -0.2) is 17.6 Å². The van der Waals surface area contributed by atoms with Crippen LogP contribution >= 0.6 is 11.3 Å². The molecule has 0 amide bonds. The molecule has 0 fully saturated rings. The first kappa shape index (κ1) is 27.4. The first-order chi connectivity index (χ1) is 17.8. The standard InChI is InChI=1S/C26H15F9O2S/c1-2-16-5-8-23(38-16)13-3-6-17(18(27)9-13)14-10-20(29)24(21(30)11-14)25(31,32)36-15-4-7-22(19(28)12-15)37-26(33,34)35/h3-12H,2H2,1H3. The van der Waals surface area contributed by atoms with Crippen molar-refractivity contribution in [3.8, 4) is 33.1 Å². The fourth-order valence-electron chi connectivity index (χ4n) is 3.58. The van der Waals surface area contributed by atoms with Crippen molar-refractivity contribution in [2.45, 2.75) is 25.8 Å². The molecule has 4 aromatic rings. The van der Waals surface area contributed by atoms with Gasteiger partial charge in [-0.05, 0) is 60.0 Å². The summed E-state index contributed by atoms with van der Waals surface area (Å²) in [6.45, 7) is 1.96. The monoisotopic (exact) mass is 562 g/mol. The van der Waals surface area contributed by atoms with Crippen LogP contribution in [0.4, 0.5) is 39.5 Å². The van der Waals surface area contributed by atoms with E-state index in [0.717, 1.165) is 22.2 Å². The molecule has 4 rings (SSSR count). The smallest absolute Gasteiger partial charge is 0.429 e. The molecule has 1 aromatic heterocycles. The molecule has 0 bridgehead atoms. The van der Waals surface area contributed by atoms with Crippen LogP contribution in [-0.4, -0.2) is 6.36 Å². The van der Waals surface area contributed by atoms with Gasteiger partial charge in [0.1, 0.15) is 28.8 Å². The van der Waals surface area contributed by atoms with Gasteiger partial charge in [0, 0.05) is 21.4 Å². The average Bonchev–Trinajstić information content (AvgIpc) is 3.28. The lowest BCUT2D eigenvalue weighted by Gasteiger charge is -2.20. The van der Waals surface area contributed by atoms with Gasteiger partial charge in [0.15, 0.2) is 11.6 Å². The Labute approximate surface area is 213 Å². The van der Waals surface area contributed by atoms with Crippen molar-refractivity contribution in [1.82, 2.24) is 0 Å². The van der Waals surface area contributed by atoms with E-state index in [1.807, 2.05) is 13.0 Å². The zero-order valence-electron chi connectivity index (χ0n) is 19.1. The van der Waals surface area contributed by atoms with E-state index in [2.05, 4.69) is 9.47 Å². The number of benzene rings is 3. The second-order valence-corrected chi connectivity index (χ2v) is 9.06. The number of hydrogen-bond donors (Lipinski definition) is 0. The molecule has 2 nitrogen and oxygen atoms in total. The maximum Gasteiger partial charge on any atom is 0.573 e. The van der Waals surface area contributed by atoms with Crippen LogP contribution in [0.25, 0.3) is 21.6 Å². The number of halogens is 9. The van der Waals surface area contributed by atoms with Crippen LogP contribution < -0.4 is 9.47 Å². The van der Waals surface area contributed by atoms with Crippen molar-refractivity contribution in [1.29, 1.82) is 0 Å². The Balaban J connectivity index is 1.61. The molecule has 0 aliphatic rings. The van der Waals surface area contributed by atoms with E-state index in [0.29, 0.717) is 29.8 Å². The van der Waals surface area contributed by atoms with E-state index in [-0.39, 0.29) is 17.2 Å². The van der Waals surface area contributed by atoms with E-state index in [1.54, 1.807) is 6.07 Å². The average molecular weight is 562 g/mol. The van der Waals surface area contributed by atoms with E-state index < -0.39 is 52.8 Å². The minimum Gasteiger partial charge on any atom is -0.429 e. The molecule has 1 heterocycles. The molecule has 0 aliphatic heterocycles. The summed E-state index contributed by atoms with van der Waals surface area (Å²) in [6, 6.07) is 9.57. The minimum atomic E-state index is -5.25. The van der Waals surface area contributed by atoms with Crippen LogP contribution in [0.3, 0.4) is 0 Å². The fraction of sp³-hybridized carbons (Fsp3) is 0.154. The van der Waals surface area contributed by atoms with Gasteiger partial charge in [0.25, 0.3) is 0 Å². The summed E-state index contributed by atoms with van der Waals surface area (Å²) in [5.41, 5.74) is -1.96. The predicted octanol–water partition coefficient (Wildman–Crippen LogP) is 9.23. The summed E-state index contributed by atoms with van der Waals surface area (Å²) >= 11 is 1.45. The third kappa shape index (κ3) is 5.90. The van der Waals surface area contributed by atoms with Crippen LogP contribution in [0.2, 0.25) is 0 Å². The summed E-state index contributed by atoms with van der Waals surface area (Å²) in [6.07, 6.45) is -9.18. The number of ether oxygens (including phenoxy) is 2. The molecule has 0 saturated heterocycles. The van der Waals surface area contributed by atoms with Gasteiger partial charge in [0.05, 0.1) is 0 Å². The molecule has 38 heavy (non-hydrogen) atoms. The van der Waals surface area contributed by atoms with E-state index in [9.17, 15) is 39.5 Å². The number of aryl methyl sites for hydroxylation is 1. The number of alkyl halides is 5. The van der Waals surface area contributed by atoms with Gasteiger partial charge < -0.3 is 9.47 Å². The highest BCUT2D eigenvalue weighted by Crippen LogP contribution is 2.39. The fourth-order valence-corrected chi connectivity index (χ4v) is 4.53. The lowest BCUT2D eigenvalue weighted by atomic mass is 10.00. The van der Waals surface area contributed by atoms with Crippen molar-refractivity contribution in [3.63, 3.8) is 0 Å². The molecular weight excluding hydrogens is 547 g/mol. The predicted molar refractivity (Wildman–Crippen MR) is 122 cm³/mol. The van der Waals surface area contributed by atoms with Crippen LogP contribution in [-0.2, 0) is 12.5 Å². The summed E-state index contributed by atoms with van der Waals surface area (Å²) < 4.78 is 132. The van der Waals surface area contributed by atoms with E-state index >= 15 is 0 Å². The van der Waals surface area contributed by atoms with Crippen molar-refractivity contribution in [2.24, 2.45) is 0 Å². The minimum absolute atomic E-state index is 0.132. The molecule has 0 atom stereocenters. The molecular formula is C26H15F9O2S. The van der Waals surface area contributed by atoms with Crippen molar-refractivity contribution in [3.05, 3.63) is 94.4 Å². The second-order valence-electron chi connectivity index (χ2n) is 7.89. The first-order valence-electron chi connectivity index (χ1n) is 10.8. The summed E-state index contributed by atoms with van der Waals surface area (Å²) in [7, 11) is 0. The van der Waals surface area contributed by atoms with Crippen LogP contribution in [0.15, 0.2) is 60.7 Å². The zero-order valence-corrected chi connectivity index (χ0v) is 19.9. The van der Waals surface area contributed by atoms with Crippen LogP contribution in [0.1, 0.15) is 17.4 Å². The second kappa shape index (κ2) is 10.2. The molecule has 0 saturated carbocycles. The Kier molecular flexibility index (Phi) is 7.37. The van der Waals surface area contributed by atoms with Gasteiger partial charge in [0.2, 0.25) is 0 Å². The number of hydrogen-bond acceptors (Lipinski definition) is 3. The summed E-state index contributed by atoms with van der Waals surface area (Å²) in [5, 5.41) is 0. The Hall–Kier alpha value is -3.67. The maximum atomic E-state index is 14.8. The van der Waals surface area contributed by atoms with Crippen molar-refractivity contribution < 1.29 is 49.0 Å². The Morgan fingerprint density at radius 3 is 1.89 bits per heavy atom. The lowest BCUT2D eigenvalue weighted by Crippen LogP contribution is -2.25. The SMILES string of the molecule is CCc1ccc(-c2ccc(-c3cc(F)c(C(F)(F)Oc4ccc(OC(F)(F)F)c(F)c4)c(F)c3)c(F)c2)s1. The Morgan fingerprint density at radius 1 is 0.684 bits per heavy atom. The van der Waals surface area contributed by atoms with Crippen LogP contribution in [0.5, 0.6) is 11.5 Å². The Bertz CT molecular complexity index is 1460. The number of rotatable bonds is 7. The highest BCUT2D eigenvalue weighted by molar-refractivity contribution is 7.15. The topological polar surface area (TPSA) is 18.5 Å². The third-order valence-electron chi connectivity index (χ3n) is 5.28. The molecule has 0 spiro atoms. The van der Waals surface area contributed by atoms with Gasteiger partial charge in [-0.15, -0.1) is 24.5 Å². The highest BCUT2D eigenvalue weighted by Gasteiger charge is 2.41. The summed E-state index contributed by atoms with van der Waals surface area (Å²) in [5.74, 6) is -8.51. The first-order valence-corrected chi connectivity index (χ1v) is 11.6. The molecule has 0 N–H and O–H groups in total. The number of thiophene rings is 1. The highest BCUT2D eigenvalue weighted by atomic mass is 32.1. The molecule has 0 radical (unpaired) electrons. The third-order valence-corrected chi connectivity index (χ3v) is 6.56. The summed E-state index contributed by atoms with van der Waals surface area (Å²) in [4.78, 5) is 1.84. The molecule has 12 heteroatoms.